The zero-order valence-corrected chi connectivity index (χ0v) is 19.6. The molecule has 0 aromatic carbocycles. The fourth-order valence-electron chi connectivity index (χ4n) is 3.67. The topological polar surface area (TPSA) is 89.9 Å². The first-order chi connectivity index (χ1) is 13.9. The average Bonchev–Trinajstić information content (AvgIpc) is 2.65. The number of carbonyl (C=O) groups is 3. The van der Waals surface area contributed by atoms with E-state index in [9.17, 15) is 14.4 Å². The van der Waals surface area contributed by atoms with Gasteiger partial charge < -0.3 is 9.90 Å². The second-order valence-corrected chi connectivity index (χ2v) is 9.79. The molecule has 30 heavy (non-hydrogen) atoms. The lowest BCUT2D eigenvalue weighted by Gasteiger charge is -2.37. The van der Waals surface area contributed by atoms with E-state index in [4.69, 9.17) is 14.9 Å². The third-order valence-corrected chi connectivity index (χ3v) is 6.28. The summed E-state index contributed by atoms with van der Waals surface area (Å²) >= 11 is 0. The highest BCUT2D eigenvalue weighted by Gasteiger charge is 2.37. The standard InChI is InChI=1S/C24H40O6/c1-17(11-12-21(26)23(4,5)14-8-10-18(2)25)9-7-15-24(6)16-13-20(29-30-24)19(3)22(27)28/h9,19-20H,7-8,10-16H2,1-6H3,(H,27,28)/t19-,20+,24-/m0/s1. The van der Waals surface area contributed by atoms with Crippen LogP contribution in [-0.4, -0.2) is 34.3 Å². The first-order valence-corrected chi connectivity index (χ1v) is 11.1. The number of carboxylic acid groups (broad SMARTS) is 1. The number of carboxylic acids is 1. The van der Waals surface area contributed by atoms with Gasteiger partial charge in [-0.3, -0.25) is 9.59 Å². The Balaban J connectivity index is 2.37. The van der Waals surface area contributed by atoms with Crippen LogP contribution < -0.4 is 0 Å². The van der Waals surface area contributed by atoms with Crippen molar-refractivity contribution >= 4 is 17.5 Å². The summed E-state index contributed by atoms with van der Waals surface area (Å²) < 4.78 is 0. The van der Waals surface area contributed by atoms with Crippen LogP contribution in [0.2, 0.25) is 0 Å². The molecule has 0 saturated carbocycles. The number of ketones is 2. The molecule has 0 aromatic rings. The lowest BCUT2D eigenvalue weighted by Crippen LogP contribution is -2.41. The lowest BCUT2D eigenvalue weighted by atomic mass is 9.80. The lowest BCUT2D eigenvalue weighted by molar-refractivity contribution is -0.411. The molecule has 6 heteroatoms. The van der Waals surface area contributed by atoms with Gasteiger partial charge >= 0.3 is 5.97 Å². The molecular formula is C24H40O6. The second kappa shape index (κ2) is 11.8. The fourth-order valence-corrected chi connectivity index (χ4v) is 3.67. The predicted molar refractivity (Wildman–Crippen MR) is 116 cm³/mol. The Kier molecular flexibility index (Phi) is 10.4. The molecule has 1 aliphatic heterocycles. The van der Waals surface area contributed by atoms with Crippen molar-refractivity contribution in [3.05, 3.63) is 11.6 Å². The Morgan fingerprint density at radius 1 is 1.20 bits per heavy atom. The van der Waals surface area contributed by atoms with Gasteiger partial charge in [-0.25, -0.2) is 9.78 Å². The summed E-state index contributed by atoms with van der Waals surface area (Å²) in [6, 6.07) is 0. The van der Waals surface area contributed by atoms with Crippen molar-refractivity contribution in [2.45, 2.75) is 111 Å². The van der Waals surface area contributed by atoms with E-state index in [1.54, 1.807) is 13.8 Å². The predicted octanol–water partition coefficient (Wildman–Crippen LogP) is 5.44. The van der Waals surface area contributed by atoms with Crippen LogP contribution in [0.25, 0.3) is 0 Å². The normalized spacial score (nSPS) is 23.8. The zero-order chi connectivity index (χ0) is 22.9. The Morgan fingerprint density at radius 2 is 1.87 bits per heavy atom. The minimum atomic E-state index is -0.873. The Bertz CT molecular complexity index is 626. The van der Waals surface area contributed by atoms with Gasteiger partial charge in [0.25, 0.3) is 0 Å². The Morgan fingerprint density at radius 3 is 2.40 bits per heavy atom. The van der Waals surface area contributed by atoms with Crippen molar-refractivity contribution < 1.29 is 29.3 Å². The van der Waals surface area contributed by atoms with Gasteiger partial charge in [-0.15, -0.1) is 0 Å². The molecule has 6 nitrogen and oxygen atoms in total. The highest BCUT2D eigenvalue weighted by molar-refractivity contribution is 5.84. The summed E-state index contributed by atoms with van der Waals surface area (Å²) in [5.41, 5.74) is 0.376. The fraction of sp³-hybridized carbons (Fsp3) is 0.792. The van der Waals surface area contributed by atoms with Crippen molar-refractivity contribution in [3.63, 3.8) is 0 Å². The Hall–Kier alpha value is -1.53. The van der Waals surface area contributed by atoms with E-state index in [1.165, 1.54) is 5.57 Å². The molecule has 1 N–H and O–H groups in total. The maximum absolute atomic E-state index is 12.6. The molecular weight excluding hydrogens is 384 g/mol. The van der Waals surface area contributed by atoms with E-state index < -0.39 is 23.6 Å². The maximum Gasteiger partial charge on any atom is 0.308 e. The van der Waals surface area contributed by atoms with E-state index in [0.29, 0.717) is 19.3 Å². The van der Waals surface area contributed by atoms with E-state index >= 15 is 0 Å². The third-order valence-electron chi connectivity index (χ3n) is 6.28. The van der Waals surface area contributed by atoms with Crippen molar-refractivity contribution in [2.24, 2.45) is 11.3 Å². The maximum atomic E-state index is 12.6. The summed E-state index contributed by atoms with van der Waals surface area (Å²) in [6.45, 7) is 11.2. The first-order valence-electron chi connectivity index (χ1n) is 11.1. The molecule has 3 atom stereocenters. The van der Waals surface area contributed by atoms with Crippen molar-refractivity contribution in [1.82, 2.24) is 0 Å². The molecule has 1 heterocycles. The van der Waals surface area contributed by atoms with Gasteiger partial charge in [0.15, 0.2) is 0 Å². The summed E-state index contributed by atoms with van der Waals surface area (Å²) in [4.78, 5) is 45.7. The number of aliphatic carboxylic acids is 1. The Labute approximate surface area is 181 Å². The van der Waals surface area contributed by atoms with Gasteiger partial charge in [0.05, 0.1) is 5.92 Å². The quantitative estimate of drug-likeness (QED) is 0.313. The monoisotopic (exact) mass is 424 g/mol. The van der Waals surface area contributed by atoms with Gasteiger partial charge in [0, 0.05) is 18.3 Å². The van der Waals surface area contributed by atoms with Gasteiger partial charge in [-0.05, 0) is 72.6 Å². The molecule has 0 radical (unpaired) electrons. The molecule has 172 valence electrons. The van der Waals surface area contributed by atoms with Crippen LogP contribution in [-0.2, 0) is 24.2 Å². The number of hydrogen-bond acceptors (Lipinski definition) is 5. The molecule has 0 bridgehead atoms. The van der Waals surface area contributed by atoms with E-state index in [2.05, 4.69) is 6.08 Å². The summed E-state index contributed by atoms with van der Waals surface area (Å²) in [5, 5.41) is 9.09. The van der Waals surface area contributed by atoms with Crippen LogP contribution >= 0.6 is 0 Å². The number of Topliss-reactive ketones (excluding diaryl/α,β-unsaturated/α-hetero) is 2. The van der Waals surface area contributed by atoms with Crippen LogP contribution in [0.1, 0.15) is 99.3 Å². The molecule has 0 spiro atoms. The highest BCUT2D eigenvalue weighted by atomic mass is 17.2. The molecule has 1 aliphatic rings. The van der Waals surface area contributed by atoms with Crippen molar-refractivity contribution in [1.29, 1.82) is 0 Å². The molecule has 0 unspecified atom stereocenters. The van der Waals surface area contributed by atoms with E-state index in [-0.39, 0.29) is 17.0 Å². The van der Waals surface area contributed by atoms with Gasteiger partial charge in [-0.2, -0.15) is 0 Å². The average molecular weight is 425 g/mol. The van der Waals surface area contributed by atoms with Crippen LogP contribution in [0.5, 0.6) is 0 Å². The minimum absolute atomic E-state index is 0.171. The first kappa shape index (κ1) is 26.5. The van der Waals surface area contributed by atoms with E-state index in [1.807, 2.05) is 27.7 Å². The number of allylic oxidation sites excluding steroid dienone is 2. The summed E-state index contributed by atoms with van der Waals surface area (Å²) in [7, 11) is 0. The molecule has 1 rings (SSSR count). The second-order valence-electron chi connectivity index (χ2n) is 9.79. The smallest absolute Gasteiger partial charge is 0.308 e. The molecule has 1 saturated heterocycles. The summed E-state index contributed by atoms with van der Waals surface area (Å²) in [5.74, 6) is -1.04. The van der Waals surface area contributed by atoms with Gasteiger partial charge in [-0.1, -0.05) is 25.5 Å². The van der Waals surface area contributed by atoms with Crippen LogP contribution in [0.3, 0.4) is 0 Å². The third kappa shape index (κ3) is 9.09. The zero-order valence-electron chi connectivity index (χ0n) is 19.6. The van der Waals surface area contributed by atoms with Gasteiger partial charge in [0.1, 0.15) is 23.3 Å². The minimum Gasteiger partial charge on any atom is -0.481 e. The number of carbonyl (C=O) groups excluding carboxylic acids is 2. The van der Waals surface area contributed by atoms with Crippen LogP contribution in [0, 0.1) is 11.3 Å². The number of hydrogen-bond donors (Lipinski definition) is 1. The number of rotatable bonds is 13. The van der Waals surface area contributed by atoms with Crippen LogP contribution in [0.4, 0.5) is 0 Å². The molecule has 0 aliphatic carbocycles. The van der Waals surface area contributed by atoms with Crippen molar-refractivity contribution in [2.75, 3.05) is 0 Å². The largest absolute Gasteiger partial charge is 0.481 e. The van der Waals surface area contributed by atoms with Gasteiger partial charge in [0.2, 0.25) is 0 Å². The highest BCUT2D eigenvalue weighted by Crippen LogP contribution is 2.33. The molecule has 1 fully saturated rings. The van der Waals surface area contributed by atoms with E-state index in [0.717, 1.165) is 38.5 Å². The van der Waals surface area contributed by atoms with Crippen molar-refractivity contribution in [3.8, 4) is 0 Å². The SMILES string of the molecule is CC(=O)CCCC(C)(C)C(=O)CCC(C)=CCC[C@@]1(C)CC[C@H]([C@H](C)C(=O)O)OO1. The molecule has 0 aromatic heterocycles. The van der Waals surface area contributed by atoms with Crippen LogP contribution in [0.15, 0.2) is 11.6 Å². The molecule has 0 amide bonds. The summed E-state index contributed by atoms with van der Waals surface area (Å²) in [6.07, 6.45) is 8.06.